The Morgan fingerprint density at radius 1 is 1.33 bits per heavy atom. The molecule has 0 amide bonds. The van der Waals surface area contributed by atoms with E-state index in [9.17, 15) is 10.1 Å². The number of piperidine rings is 1. The molecule has 112 valence electrons. The summed E-state index contributed by atoms with van der Waals surface area (Å²) in [6, 6.07) is 4.65. The minimum Gasteiger partial charge on any atom is -0.355 e. The van der Waals surface area contributed by atoms with Gasteiger partial charge in [-0.25, -0.2) is 4.98 Å². The third-order valence-electron chi connectivity index (χ3n) is 3.85. The zero-order valence-electron chi connectivity index (χ0n) is 11.8. The van der Waals surface area contributed by atoms with Crippen LogP contribution >= 0.6 is 0 Å². The second-order valence-electron chi connectivity index (χ2n) is 5.37. The minimum atomic E-state index is -0.399. The molecule has 0 spiro atoms. The lowest BCUT2D eigenvalue weighted by Crippen LogP contribution is -2.33. The zero-order valence-corrected chi connectivity index (χ0v) is 11.8. The van der Waals surface area contributed by atoms with E-state index in [4.69, 9.17) is 0 Å². The second-order valence-corrected chi connectivity index (χ2v) is 5.37. The van der Waals surface area contributed by atoms with Crippen molar-refractivity contribution < 1.29 is 4.92 Å². The smallest absolute Gasteiger partial charge is 0.271 e. The lowest BCUT2D eigenvalue weighted by atomic mass is 10.1. The van der Waals surface area contributed by atoms with Gasteiger partial charge in [0.2, 0.25) is 5.95 Å². The highest BCUT2D eigenvalue weighted by Crippen LogP contribution is 2.20. The number of nitro benzene ring substituents is 1. The summed E-state index contributed by atoms with van der Waals surface area (Å²) in [7, 11) is 0. The standard InChI is InChI=1S/C14H19N5O2/c20-19(21)11-4-5-12-13(10-11)17-14(16-12)15-6-9-18-7-2-1-3-8-18/h4-5,10H,1-3,6-9H2,(H2,15,16,17). The van der Waals surface area contributed by atoms with Gasteiger partial charge in [-0.05, 0) is 32.0 Å². The summed E-state index contributed by atoms with van der Waals surface area (Å²) in [5, 5.41) is 14.0. The Kier molecular flexibility index (Phi) is 4.01. The van der Waals surface area contributed by atoms with Crippen molar-refractivity contribution in [2.45, 2.75) is 19.3 Å². The van der Waals surface area contributed by atoms with E-state index < -0.39 is 4.92 Å². The lowest BCUT2D eigenvalue weighted by molar-refractivity contribution is -0.384. The Morgan fingerprint density at radius 2 is 2.14 bits per heavy atom. The first kappa shape index (κ1) is 13.8. The summed E-state index contributed by atoms with van der Waals surface area (Å²) >= 11 is 0. The van der Waals surface area contributed by atoms with Gasteiger partial charge >= 0.3 is 0 Å². The molecule has 21 heavy (non-hydrogen) atoms. The molecule has 1 fully saturated rings. The number of nitro groups is 1. The van der Waals surface area contributed by atoms with Crippen LogP contribution in [0, 0.1) is 10.1 Å². The quantitative estimate of drug-likeness (QED) is 0.652. The van der Waals surface area contributed by atoms with Gasteiger partial charge in [0.05, 0.1) is 16.0 Å². The number of H-pyrrole nitrogens is 1. The van der Waals surface area contributed by atoms with Gasteiger partial charge in [0, 0.05) is 25.2 Å². The number of likely N-dealkylation sites (tertiary alicyclic amines) is 1. The van der Waals surface area contributed by atoms with Gasteiger partial charge in [0.25, 0.3) is 5.69 Å². The van der Waals surface area contributed by atoms with Crippen LogP contribution in [0.15, 0.2) is 18.2 Å². The van der Waals surface area contributed by atoms with Gasteiger partial charge in [0.15, 0.2) is 0 Å². The minimum absolute atomic E-state index is 0.0750. The monoisotopic (exact) mass is 289 g/mol. The molecule has 0 atom stereocenters. The Bertz CT molecular complexity index is 633. The number of benzene rings is 1. The fraction of sp³-hybridized carbons (Fsp3) is 0.500. The lowest BCUT2D eigenvalue weighted by Gasteiger charge is -2.26. The Hall–Kier alpha value is -2.15. The van der Waals surface area contributed by atoms with Gasteiger partial charge in [-0.3, -0.25) is 10.1 Å². The summed E-state index contributed by atoms with van der Waals surface area (Å²) in [5.41, 5.74) is 1.50. The summed E-state index contributed by atoms with van der Waals surface area (Å²) < 4.78 is 0. The highest BCUT2D eigenvalue weighted by Gasteiger charge is 2.11. The van der Waals surface area contributed by atoms with Crippen LogP contribution in [0.1, 0.15) is 19.3 Å². The predicted octanol–water partition coefficient (Wildman–Crippen LogP) is 2.37. The maximum absolute atomic E-state index is 10.7. The number of aromatic amines is 1. The summed E-state index contributed by atoms with van der Waals surface area (Å²) in [6.07, 6.45) is 3.91. The SMILES string of the molecule is O=[N+]([O-])c1ccc2nc(NCCN3CCCCC3)[nH]c2c1. The molecule has 1 aliphatic heterocycles. The van der Waals surface area contributed by atoms with Crippen molar-refractivity contribution in [2.24, 2.45) is 0 Å². The summed E-state index contributed by atoms with van der Waals surface area (Å²) in [6.45, 7) is 4.17. The van der Waals surface area contributed by atoms with E-state index in [1.807, 2.05) is 0 Å². The van der Waals surface area contributed by atoms with Gasteiger partial charge in [-0.2, -0.15) is 0 Å². The molecule has 0 saturated carbocycles. The molecular formula is C14H19N5O2. The molecule has 1 aromatic heterocycles. The number of hydrogen-bond acceptors (Lipinski definition) is 5. The number of hydrogen-bond donors (Lipinski definition) is 2. The molecular weight excluding hydrogens is 270 g/mol. The normalized spacial score (nSPS) is 16.2. The van der Waals surface area contributed by atoms with Crippen LogP contribution in [0.2, 0.25) is 0 Å². The number of fused-ring (bicyclic) bond motifs is 1. The van der Waals surface area contributed by atoms with Crippen LogP contribution in [0.25, 0.3) is 11.0 Å². The number of rotatable bonds is 5. The van der Waals surface area contributed by atoms with Crippen LogP contribution in [-0.4, -0.2) is 46.0 Å². The summed E-state index contributed by atoms with van der Waals surface area (Å²) in [5.74, 6) is 0.669. The van der Waals surface area contributed by atoms with Crippen molar-refractivity contribution in [2.75, 3.05) is 31.5 Å². The van der Waals surface area contributed by atoms with E-state index in [2.05, 4.69) is 20.2 Å². The third-order valence-corrected chi connectivity index (χ3v) is 3.85. The van der Waals surface area contributed by atoms with E-state index in [1.165, 1.54) is 44.5 Å². The second kappa shape index (κ2) is 6.09. The van der Waals surface area contributed by atoms with Crippen LogP contribution in [0.5, 0.6) is 0 Å². The van der Waals surface area contributed by atoms with E-state index in [0.29, 0.717) is 11.5 Å². The molecule has 2 heterocycles. The maximum atomic E-state index is 10.7. The number of nitrogens with zero attached hydrogens (tertiary/aromatic N) is 3. The van der Waals surface area contributed by atoms with E-state index in [0.717, 1.165) is 18.6 Å². The average molecular weight is 289 g/mol. The first-order valence-corrected chi connectivity index (χ1v) is 7.33. The topological polar surface area (TPSA) is 87.1 Å². The van der Waals surface area contributed by atoms with Gasteiger partial charge in [-0.15, -0.1) is 0 Å². The fourth-order valence-electron chi connectivity index (χ4n) is 2.71. The first-order chi connectivity index (χ1) is 10.2. The number of anilines is 1. The number of aromatic nitrogens is 2. The van der Waals surface area contributed by atoms with E-state index >= 15 is 0 Å². The van der Waals surface area contributed by atoms with Crippen LogP contribution in [0.3, 0.4) is 0 Å². The van der Waals surface area contributed by atoms with E-state index in [1.54, 1.807) is 6.07 Å². The van der Waals surface area contributed by atoms with Crippen LogP contribution < -0.4 is 5.32 Å². The van der Waals surface area contributed by atoms with Crippen molar-refractivity contribution >= 4 is 22.7 Å². The third kappa shape index (κ3) is 3.30. The average Bonchev–Trinajstić information content (AvgIpc) is 2.90. The molecule has 0 aliphatic carbocycles. The van der Waals surface area contributed by atoms with Gasteiger partial charge in [0.1, 0.15) is 0 Å². The molecule has 2 aromatic rings. The Morgan fingerprint density at radius 3 is 2.90 bits per heavy atom. The predicted molar refractivity (Wildman–Crippen MR) is 81.5 cm³/mol. The highest BCUT2D eigenvalue weighted by atomic mass is 16.6. The number of non-ortho nitro benzene ring substituents is 1. The first-order valence-electron chi connectivity index (χ1n) is 7.33. The zero-order chi connectivity index (χ0) is 14.7. The van der Waals surface area contributed by atoms with Crippen molar-refractivity contribution in [1.82, 2.24) is 14.9 Å². The molecule has 2 N–H and O–H groups in total. The maximum Gasteiger partial charge on any atom is 0.271 e. The Balaban J connectivity index is 1.60. The fourth-order valence-corrected chi connectivity index (χ4v) is 2.71. The molecule has 1 aliphatic rings. The van der Waals surface area contributed by atoms with Crippen molar-refractivity contribution in [3.63, 3.8) is 0 Å². The molecule has 1 saturated heterocycles. The number of nitrogens with one attached hydrogen (secondary N) is 2. The van der Waals surface area contributed by atoms with Crippen molar-refractivity contribution in [1.29, 1.82) is 0 Å². The van der Waals surface area contributed by atoms with Crippen molar-refractivity contribution in [3.05, 3.63) is 28.3 Å². The molecule has 7 nitrogen and oxygen atoms in total. The van der Waals surface area contributed by atoms with Gasteiger partial charge < -0.3 is 15.2 Å². The highest BCUT2D eigenvalue weighted by molar-refractivity contribution is 5.79. The van der Waals surface area contributed by atoms with Crippen LogP contribution in [-0.2, 0) is 0 Å². The Labute approximate surface area is 122 Å². The molecule has 0 radical (unpaired) electrons. The van der Waals surface area contributed by atoms with E-state index in [-0.39, 0.29) is 5.69 Å². The molecule has 3 rings (SSSR count). The molecule has 0 unspecified atom stereocenters. The molecule has 1 aromatic carbocycles. The molecule has 0 bridgehead atoms. The summed E-state index contributed by atoms with van der Waals surface area (Å²) in [4.78, 5) is 20.3. The molecule has 7 heteroatoms. The largest absolute Gasteiger partial charge is 0.355 e. The van der Waals surface area contributed by atoms with Gasteiger partial charge in [-0.1, -0.05) is 6.42 Å². The number of imidazole rings is 1. The van der Waals surface area contributed by atoms with Crippen LogP contribution in [0.4, 0.5) is 11.6 Å². The van der Waals surface area contributed by atoms with Crippen molar-refractivity contribution in [3.8, 4) is 0 Å².